The third-order valence-electron chi connectivity index (χ3n) is 5.16. The number of aliphatic hydroxyl groups is 1. The van der Waals surface area contributed by atoms with Crippen molar-refractivity contribution >= 4 is 6.09 Å². The molecule has 0 saturated carbocycles. The summed E-state index contributed by atoms with van der Waals surface area (Å²) in [5.74, 6) is 0. The van der Waals surface area contributed by atoms with Gasteiger partial charge in [-0.05, 0) is 27.7 Å². The van der Waals surface area contributed by atoms with E-state index in [0.29, 0.717) is 17.7 Å². The first-order valence-electron chi connectivity index (χ1n) is 8.25. The molecule has 1 N–H and O–H groups in total. The first-order valence-corrected chi connectivity index (χ1v) is 8.25. The van der Waals surface area contributed by atoms with Crippen molar-refractivity contribution < 1.29 is 19.2 Å². The lowest BCUT2D eigenvalue weighted by Gasteiger charge is -2.60. The van der Waals surface area contributed by atoms with Crippen LogP contribution in [0.15, 0.2) is 0 Å². The summed E-state index contributed by atoms with van der Waals surface area (Å²) in [6.07, 6.45) is 2.03. The number of amides is 1. The lowest BCUT2D eigenvalue weighted by molar-refractivity contribution is -0.944. The summed E-state index contributed by atoms with van der Waals surface area (Å²) < 4.78 is 6.14. The van der Waals surface area contributed by atoms with Crippen LogP contribution >= 0.6 is 0 Å². The van der Waals surface area contributed by atoms with Crippen LogP contribution in [-0.4, -0.2) is 71.2 Å². The normalized spacial score (nSPS) is 36.5. The van der Waals surface area contributed by atoms with Crippen LogP contribution in [0.3, 0.4) is 0 Å². The summed E-state index contributed by atoms with van der Waals surface area (Å²) in [7, 11) is 1.86. The average Bonchev–Trinajstić information content (AvgIpc) is 2.82. The highest BCUT2D eigenvalue weighted by molar-refractivity contribution is 5.68. The van der Waals surface area contributed by atoms with Crippen molar-refractivity contribution in [2.75, 3.05) is 33.2 Å². The van der Waals surface area contributed by atoms with E-state index in [9.17, 15) is 9.90 Å². The summed E-state index contributed by atoms with van der Waals surface area (Å²) in [6, 6.07) is 0. The Balaban J connectivity index is 2.07. The van der Waals surface area contributed by atoms with Crippen LogP contribution < -0.4 is 0 Å². The number of hydrogen-bond donors (Lipinski definition) is 1. The van der Waals surface area contributed by atoms with Crippen LogP contribution in [0, 0.1) is 0 Å². The largest absolute Gasteiger partial charge is 0.455 e. The number of aliphatic hydroxyl groups excluding tert-OH is 1. The third kappa shape index (κ3) is 3.39. The molecule has 1 atom stereocenters. The van der Waals surface area contributed by atoms with Crippen molar-refractivity contribution in [3.05, 3.63) is 5.43 Å². The summed E-state index contributed by atoms with van der Waals surface area (Å²) in [5, 5.41) is 9.80. The van der Waals surface area contributed by atoms with Crippen molar-refractivity contribution in [3.63, 3.8) is 0 Å². The van der Waals surface area contributed by atoms with Gasteiger partial charge in [-0.1, -0.05) is 0 Å². The maximum Gasteiger partial charge on any atom is 0.410 e. The smallest absolute Gasteiger partial charge is 0.410 e. The molecule has 6 heteroatoms. The van der Waals surface area contributed by atoms with E-state index in [-0.39, 0.29) is 17.7 Å². The molecule has 1 amide bonds. The SMILES string of the molecule is C[N-][N+]1(C2(C)CCN(C(=O)OC(C)(C)C)C2)CCC(O)CC1. The summed E-state index contributed by atoms with van der Waals surface area (Å²) in [6.45, 7) is 10.9. The van der Waals surface area contributed by atoms with E-state index >= 15 is 0 Å². The van der Waals surface area contributed by atoms with Crippen molar-refractivity contribution in [1.29, 1.82) is 0 Å². The standard InChI is InChI=1S/C16H31N3O3/c1-15(2,3)22-14(21)18-9-8-16(4,12-18)19(17-5)10-6-13(20)7-11-19/h13,20H,6-12H2,1-5H3. The Morgan fingerprint density at radius 3 is 2.45 bits per heavy atom. The molecule has 128 valence electrons. The summed E-state index contributed by atoms with van der Waals surface area (Å²) in [5.41, 5.74) is 4.13. The van der Waals surface area contributed by atoms with Crippen molar-refractivity contribution in [2.45, 2.75) is 64.2 Å². The highest BCUT2D eigenvalue weighted by atomic mass is 16.6. The minimum Gasteiger partial charge on any atom is -0.455 e. The van der Waals surface area contributed by atoms with E-state index in [1.807, 2.05) is 32.7 Å². The maximum atomic E-state index is 12.3. The Labute approximate surface area is 134 Å². The Morgan fingerprint density at radius 2 is 1.95 bits per heavy atom. The predicted molar refractivity (Wildman–Crippen MR) is 85.3 cm³/mol. The van der Waals surface area contributed by atoms with E-state index in [1.54, 1.807) is 0 Å². The second-order valence-corrected chi connectivity index (χ2v) is 7.95. The molecule has 0 aromatic carbocycles. The molecule has 6 nitrogen and oxygen atoms in total. The van der Waals surface area contributed by atoms with Crippen LogP contribution in [-0.2, 0) is 4.74 Å². The molecule has 2 fully saturated rings. The zero-order valence-corrected chi connectivity index (χ0v) is 14.6. The number of hydrogen-bond acceptors (Lipinski definition) is 3. The van der Waals surface area contributed by atoms with E-state index in [2.05, 4.69) is 12.3 Å². The van der Waals surface area contributed by atoms with Gasteiger partial charge in [0.1, 0.15) is 11.1 Å². The van der Waals surface area contributed by atoms with Gasteiger partial charge in [0.15, 0.2) is 0 Å². The number of rotatable bonds is 2. The molecule has 2 saturated heterocycles. The van der Waals surface area contributed by atoms with Crippen LogP contribution in [0.5, 0.6) is 0 Å². The molecule has 2 heterocycles. The molecule has 0 aromatic heterocycles. The third-order valence-corrected chi connectivity index (χ3v) is 5.16. The molecule has 2 aliphatic heterocycles. The number of piperidine rings is 1. The highest BCUT2D eigenvalue weighted by Gasteiger charge is 2.50. The fourth-order valence-electron chi connectivity index (χ4n) is 3.73. The fraction of sp³-hybridized carbons (Fsp3) is 0.938. The average molecular weight is 313 g/mol. The summed E-state index contributed by atoms with van der Waals surface area (Å²) >= 11 is 0. The number of nitrogens with zero attached hydrogens (tertiary/aromatic N) is 3. The van der Waals surface area contributed by atoms with Gasteiger partial charge in [-0.2, -0.15) is 0 Å². The van der Waals surface area contributed by atoms with E-state index in [1.165, 1.54) is 0 Å². The van der Waals surface area contributed by atoms with Crippen molar-refractivity contribution in [3.8, 4) is 0 Å². The molecule has 0 aliphatic carbocycles. The fourth-order valence-corrected chi connectivity index (χ4v) is 3.73. The van der Waals surface area contributed by atoms with Crippen LogP contribution in [0.25, 0.3) is 5.43 Å². The van der Waals surface area contributed by atoms with Crippen LogP contribution in [0.4, 0.5) is 4.79 Å². The number of likely N-dealkylation sites (tertiary alicyclic amines) is 2. The monoisotopic (exact) mass is 313 g/mol. The van der Waals surface area contributed by atoms with Gasteiger partial charge in [0.05, 0.1) is 25.7 Å². The van der Waals surface area contributed by atoms with Gasteiger partial charge in [0, 0.05) is 25.8 Å². The van der Waals surface area contributed by atoms with Crippen LogP contribution in [0.1, 0.15) is 47.0 Å². The first-order chi connectivity index (χ1) is 10.1. The van der Waals surface area contributed by atoms with Gasteiger partial charge < -0.3 is 24.8 Å². The van der Waals surface area contributed by atoms with Crippen LogP contribution in [0.2, 0.25) is 0 Å². The molecular weight excluding hydrogens is 282 g/mol. The molecule has 0 radical (unpaired) electrons. The summed E-state index contributed by atoms with van der Waals surface area (Å²) in [4.78, 5) is 14.1. The Morgan fingerprint density at radius 1 is 1.36 bits per heavy atom. The number of quaternary nitrogens is 1. The maximum absolute atomic E-state index is 12.3. The van der Waals surface area contributed by atoms with E-state index < -0.39 is 5.60 Å². The molecule has 22 heavy (non-hydrogen) atoms. The molecule has 2 aliphatic rings. The molecule has 0 bridgehead atoms. The van der Waals surface area contributed by atoms with E-state index in [4.69, 9.17) is 4.74 Å². The Hall–Kier alpha value is -0.850. The zero-order chi connectivity index (χ0) is 16.6. The number of ether oxygens (including phenoxy) is 1. The second-order valence-electron chi connectivity index (χ2n) is 7.95. The van der Waals surface area contributed by atoms with Gasteiger partial charge >= 0.3 is 6.09 Å². The zero-order valence-electron chi connectivity index (χ0n) is 14.6. The minimum atomic E-state index is -0.466. The Kier molecular flexibility index (Phi) is 4.76. The minimum absolute atomic E-state index is 0.0915. The predicted octanol–water partition coefficient (Wildman–Crippen LogP) is 2.28. The number of carbonyl (C=O) groups excluding carboxylic acids is 1. The van der Waals surface area contributed by atoms with Gasteiger partial charge in [-0.3, -0.25) is 0 Å². The Bertz CT molecular complexity index is 413. The second kappa shape index (κ2) is 5.98. The molecule has 1 unspecified atom stereocenters. The van der Waals surface area contributed by atoms with Gasteiger partial charge in [0.2, 0.25) is 0 Å². The van der Waals surface area contributed by atoms with Gasteiger partial charge in [-0.15, -0.1) is 7.05 Å². The topological polar surface area (TPSA) is 63.9 Å². The lowest BCUT2D eigenvalue weighted by atomic mass is 9.93. The van der Waals surface area contributed by atoms with E-state index in [0.717, 1.165) is 32.4 Å². The number of carbonyl (C=O) groups is 1. The van der Waals surface area contributed by atoms with Crippen molar-refractivity contribution in [2.24, 2.45) is 0 Å². The molecule has 0 spiro atoms. The van der Waals surface area contributed by atoms with Gasteiger partial charge in [0.25, 0.3) is 0 Å². The lowest BCUT2D eigenvalue weighted by Crippen LogP contribution is -2.64. The highest BCUT2D eigenvalue weighted by Crippen LogP contribution is 2.40. The molecule has 0 aromatic rings. The van der Waals surface area contributed by atoms with Crippen molar-refractivity contribution in [1.82, 2.24) is 4.90 Å². The van der Waals surface area contributed by atoms with Gasteiger partial charge in [-0.25, -0.2) is 4.79 Å². The molecule has 2 rings (SSSR count). The quantitative estimate of drug-likeness (QED) is 0.796. The molecular formula is C16H31N3O3. The first kappa shape index (κ1) is 17.5.